The molecule has 0 aliphatic rings. The number of thiazole rings is 1. The number of nitrogens with two attached hydrogens (primary N) is 1. The summed E-state index contributed by atoms with van der Waals surface area (Å²) in [4.78, 5) is 19.2. The highest BCUT2D eigenvalue weighted by Crippen LogP contribution is 2.26. The zero-order valence-corrected chi connectivity index (χ0v) is 15.9. The van der Waals surface area contributed by atoms with E-state index >= 15 is 0 Å². The van der Waals surface area contributed by atoms with E-state index in [-0.39, 0.29) is 36.1 Å². The van der Waals surface area contributed by atoms with Crippen molar-refractivity contribution in [1.82, 2.24) is 9.88 Å². The molecule has 0 aliphatic heterocycles. The second-order valence-corrected chi connectivity index (χ2v) is 6.96. The third kappa shape index (κ3) is 5.77. The molecule has 0 fully saturated rings. The first-order valence-corrected chi connectivity index (χ1v) is 7.71. The van der Waals surface area contributed by atoms with Crippen LogP contribution in [0, 0.1) is 5.41 Å². The molecule has 0 aliphatic carbocycles. The topological polar surface area (TPSA) is 59.2 Å². The minimum atomic E-state index is -0.0860. The summed E-state index contributed by atoms with van der Waals surface area (Å²) in [6, 6.07) is 9.89. The van der Waals surface area contributed by atoms with E-state index in [4.69, 9.17) is 5.73 Å². The monoisotopic (exact) mass is 375 g/mol. The lowest BCUT2D eigenvalue weighted by atomic mass is 9.93. The van der Waals surface area contributed by atoms with Gasteiger partial charge in [-0.25, -0.2) is 4.98 Å². The van der Waals surface area contributed by atoms with Crippen LogP contribution in [0.5, 0.6) is 0 Å². The maximum atomic E-state index is 12.4. The Kier molecular flexibility index (Phi) is 8.77. The first kappa shape index (κ1) is 21.9. The van der Waals surface area contributed by atoms with E-state index in [2.05, 4.69) is 18.8 Å². The third-order valence-corrected chi connectivity index (χ3v) is 4.34. The van der Waals surface area contributed by atoms with Gasteiger partial charge < -0.3 is 10.6 Å². The molecule has 128 valence electrons. The van der Waals surface area contributed by atoms with Crippen molar-refractivity contribution < 1.29 is 4.79 Å². The molecule has 2 rings (SSSR count). The van der Waals surface area contributed by atoms with Crippen LogP contribution in [0.25, 0.3) is 10.6 Å². The summed E-state index contributed by atoms with van der Waals surface area (Å²) < 4.78 is 0. The van der Waals surface area contributed by atoms with E-state index in [0.717, 1.165) is 10.6 Å². The minimum absolute atomic E-state index is 0. The van der Waals surface area contributed by atoms with Crippen LogP contribution >= 0.6 is 36.2 Å². The minimum Gasteiger partial charge on any atom is -0.340 e. The Morgan fingerprint density at radius 1 is 1.26 bits per heavy atom. The van der Waals surface area contributed by atoms with Gasteiger partial charge in [0.25, 0.3) is 5.91 Å². The fourth-order valence-electron chi connectivity index (χ4n) is 2.05. The molecular weight excluding hydrogens is 353 g/mol. The number of carbonyl (C=O) groups is 1. The van der Waals surface area contributed by atoms with Crippen LogP contribution in [-0.4, -0.2) is 35.9 Å². The lowest BCUT2D eigenvalue weighted by Gasteiger charge is -2.28. The molecule has 0 saturated carbocycles. The molecule has 0 atom stereocenters. The summed E-state index contributed by atoms with van der Waals surface area (Å²) >= 11 is 1.42. The molecule has 7 heteroatoms. The van der Waals surface area contributed by atoms with E-state index in [1.54, 1.807) is 11.1 Å². The Labute approximate surface area is 153 Å². The zero-order chi connectivity index (χ0) is 15.5. The predicted molar refractivity (Wildman–Crippen MR) is 102 cm³/mol. The van der Waals surface area contributed by atoms with Gasteiger partial charge in [0, 0.05) is 19.2 Å². The Morgan fingerprint density at radius 3 is 2.43 bits per heavy atom. The van der Waals surface area contributed by atoms with Gasteiger partial charge in [-0.3, -0.25) is 4.79 Å². The number of nitrogens with zero attached hydrogens (tertiary/aromatic N) is 2. The fraction of sp³-hybridized carbons (Fsp3) is 0.375. The van der Waals surface area contributed by atoms with Crippen LogP contribution in [0.4, 0.5) is 0 Å². The smallest absolute Gasteiger partial charge is 0.265 e. The average molecular weight is 376 g/mol. The first-order chi connectivity index (χ1) is 9.93. The van der Waals surface area contributed by atoms with E-state index in [1.165, 1.54) is 11.3 Å². The molecule has 23 heavy (non-hydrogen) atoms. The summed E-state index contributed by atoms with van der Waals surface area (Å²) in [5, 5.41) is 0.866. The van der Waals surface area contributed by atoms with Crippen LogP contribution in [0.15, 0.2) is 36.5 Å². The summed E-state index contributed by atoms with van der Waals surface area (Å²) in [7, 11) is 1.81. The van der Waals surface area contributed by atoms with Crippen LogP contribution in [0.3, 0.4) is 0 Å². The second kappa shape index (κ2) is 9.23. The molecule has 0 saturated heterocycles. The second-order valence-electron chi connectivity index (χ2n) is 5.93. The van der Waals surface area contributed by atoms with Crippen molar-refractivity contribution in [1.29, 1.82) is 0 Å². The van der Waals surface area contributed by atoms with E-state index in [0.29, 0.717) is 18.0 Å². The number of halogens is 2. The summed E-state index contributed by atoms with van der Waals surface area (Å²) in [5.41, 5.74) is 6.67. The van der Waals surface area contributed by atoms with Crippen LogP contribution in [0.2, 0.25) is 0 Å². The summed E-state index contributed by atoms with van der Waals surface area (Å²) in [6.45, 7) is 5.28. The predicted octanol–water partition coefficient (Wildman–Crippen LogP) is 3.71. The molecule has 1 aromatic carbocycles. The van der Waals surface area contributed by atoms with E-state index in [9.17, 15) is 4.79 Å². The lowest BCUT2D eigenvalue weighted by molar-refractivity contribution is 0.0745. The van der Waals surface area contributed by atoms with Crippen molar-refractivity contribution in [2.24, 2.45) is 11.1 Å². The van der Waals surface area contributed by atoms with Crippen molar-refractivity contribution in [3.8, 4) is 10.6 Å². The standard InChI is InChI=1S/C16H21N3OS.2ClH/c1-16(2,10-17)11-19(3)15(20)13-9-18-14(21-13)12-7-5-4-6-8-12;;/h4-9H,10-11,17H2,1-3H3;2*1H. The zero-order valence-electron chi connectivity index (χ0n) is 13.5. The number of rotatable bonds is 5. The Morgan fingerprint density at radius 2 is 1.87 bits per heavy atom. The van der Waals surface area contributed by atoms with E-state index in [1.807, 2.05) is 37.4 Å². The molecule has 2 aromatic rings. The maximum Gasteiger partial charge on any atom is 0.265 e. The summed E-state index contributed by atoms with van der Waals surface area (Å²) in [5.74, 6) is -0.00351. The molecule has 1 heterocycles. The maximum absolute atomic E-state index is 12.4. The van der Waals surface area contributed by atoms with Gasteiger partial charge in [0.15, 0.2) is 0 Å². The average Bonchev–Trinajstić information content (AvgIpc) is 2.96. The van der Waals surface area contributed by atoms with Gasteiger partial charge in [0.05, 0.1) is 6.20 Å². The normalized spacial score (nSPS) is 10.4. The highest BCUT2D eigenvalue weighted by atomic mass is 35.5. The largest absolute Gasteiger partial charge is 0.340 e. The Balaban J connectivity index is 0.00000242. The first-order valence-electron chi connectivity index (χ1n) is 6.90. The molecule has 4 nitrogen and oxygen atoms in total. The number of hydrogen-bond acceptors (Lipinski definition) is 4. The summed E-state index contributed by atoms with van der Waals surface area (Å²) in [6.07, 6.45) is 1.65. The van der Waals surface area contributed by atoms with Gasteiger partial charge in [0.2, 0.25) is 0 Å². The van der Waals surface area contributed by atoms with Gasteiger partial charge in [-0.2, -0.15) is 0 Å². The van der Waals surface area contributed by atoms with Crippen LogP contribution in [-0.2, 0) is 0 Å². The van der Waals surface area contributed by atoms with Gasteiger partial charge in [-0.1, -0.05) is 44.2 Å². The van der Waals surface area contributed by atoms with Crippen molar-refractivity contribution in [3.63, 3.8) is 0 Å². The van der Waals surface area contributed by atoms with Crippen molar-refractivity contribution in [2.45, 2.75) is 13.8 Å². The molecular formula is C16H23Cl2N3OS. The van der Waals surface area contributed by atoms with Gasteiger partial charge >= 0.3 is 0 Å². The highest BCUT2D eigenvalue weighted by Gasteiger charge is 2.23. The molecule has 2 N–H and O–H groups in total. The Hall–Kier alpha value is -1.14. The number of aromatic nitrogens is 1. The molecule has 1 amide bonds. The SMILES string of the molecule is CN(CC(C)(C)CN)C(=O)c1cnc(-c2ccccc2)s1.Cl.Cl. The van der Waals surface area contributed by atoms with Crippen LogP contribution < -0.4 is 5.73 Å². The highest BCUT2D eigenvalue weighted by molar-refractivity contribution is 7.16. The number of hydrogen-bond donors (Lipinski definition) is 1. The van der Waals surface area contributed by atoms with Crippen molar-refractivity contribution in [2.75, 3.05) is 20.1 Å². The molecule has 0 bridgehead atoms. The number of carbonyl (C=O) groups excluding carboxylic acids is 1. The fourth-order valence-corrected chi connectivity index (χ4v) is 2.97. The molecule has 0 radical (unpaired) electrons. The van der Waals surface area contributed by atoms with Gasteiger partial charge in [0.1, 0.15) is 9.88 Å². The molecule has 0 spiro atoms. The van der Waals surface area contributed by atoms with Crippen molar-refractivity contribution >= 4 is 42.1 Å². The Bertz CT molecular complexity index is 617. The molecule has 1 aromatic heterocycles. The number of benzene rings is 1. The van der Waals surface area contributed by atoms with Crippen LogP contribution in [0.1, 0.15) is 23.5 Å². The van der Waals surface area contributed by atoms with Gasteiger partial charge in [-0.15, -0.1) is 36.2 Å². The molecule has 0 unspecified atom stereocenters. The third-order valence-electron chi connectivity index (χ3n) is 3.30. The van der Waals surface area contributed by atoms with E-state index < -0.39 is 0 Å². The van der Waals surface area contributed by atoms with Gasteiger partial charge in [-0.05, 0) is 12.0 Å². The lowest BCUT2D eigenvalue weighted by Crippen LogP contribution is -2.39. The quantitative estimate of drug-likeness (QED) is 0.866. The number of amides is 1. The van der Waals surface area contributed by atoms with Crippen molar-refractivity contribution in [3.05, 3.63) is 41.4 Å².